The molecule has 0 heterocycles. The highest BCUT2D eigenvalue weighted by molar-refractivity contribution is 5.75. The predicted octanol–water partition coefficient (Wildman–Crippen LogP) is 2.80. The second-order valence-electron chi connectivity index (χ2n) is 5.34. The number of hydrogen-bond acceptors (Lipinski definition) is 4. The number of hydrogen-bond donors (Lipinski definition) is 1. The van der Waals surface area contributed by atoms with Gasteiger partial charge in [-0.3, -0.25) is 0 Å². The third-order valence-electron chi connectivity index (χ3n) is 2.19. The Morgan fingerprint density at radius 1 is 1.32 bits per heavy atom. The van der Waals surface area contributed by atoms with Crippen LogP contribution in [0.3, 0.4) is 0 Å². The molecule has 0 aromatic heterocycles. The third kappa shape index (κ3) is 9.11. The summed E-state index contributed by atoms with van der Waals surface area (Å²) in [5, 5.41) is 2.68. The molecular formula is C14H25NO4. The molecule has 1 amide bonds. The molecule has 0 radical (unpaired) electrons. The fraction of sp³-hybridized carbons (Fsp3) is 0.714. The largest absolute Gasteiger partial charge is 0.497 e. The molecule has 0 fully saturated rings. The Kier molecular flexibility index (Phi) is 7.19. The fourth-order valence-electron chi connectivity index (χ4n) is 1.40. The first kappa shape index (κ1) is 17.5. The summed E-state index contributed by atoms with van der Waals surface area (Å²) >= 11 is 0. The Morgan fingerprint density at radius 3 is 2.32 bits per heavy atom. The lowest BCUT2D eigenvalue weighted by Crippen LogP contribution is -2.40. The second-order valence-corrected chi connectivity index (χ2v) is 5.34. The zero-order chi connectivity index (χ0) is 15.1. The molecule has 0 spiro atoms. The van der Waals surface area contributed by atoms with Crippen molar-refractivity contribution in [2.24, 2.45) is 0 Å². The van der Waals surface area contributed by atoms with E-state index in [4.69, 9.17) is 9.47 Å². The average Bonchev–Trinajstić information content (AvgIpc) is 2.21. The van der Waals surface area contributed by atoms with Crippen LogP contribution in [-0.2, 0) is 14.3 Å². The highest BCUT2D eigenvalue weighted by Crippen LogP contribution is 2.12. The molecule has 0 bridgehead atoms. The van der Waals surface area contributed by atoms with Gasteiger partial charge in [-0.05, 0) is 41.0 Å². The van der Waals surface area contributed by atoms with E-state index in [2.05, 4.69) is 11.9 Å². The predicted molar refractivity (Wildman–Crippen MR) is 73.8 cm³/mol. The number of ketones is 1. The van der Waals surface area contributed by atoms with E-state index in [1.165, 1.54) is 6.92 Å². The van der Waals surface area contributed by atoms with Crippen LogP contribution in [-0.4, -0.2) is 30.1 Å². The van der Waals surface area contributed by atoms with E-state index in [-0.39, 0.29) is 5.78 Å². The van der Waals surface area contributed by atoms with E-state index in [0.29, 0.717) is 25.2 Å². The van der Waals surface area contributed by atoms with Crippen molar-refractivity contribution in [1.29, 1.82) is 0 Å². The Labute approximate surface area is 115 Å². The van der Waals surface area contributed by atoms with E-state index in [1.807, 2.05) is 6.92 Å². The van der Waals surface area contributed by atoms with Crippen molar-refractivity contribution in [3.8, 4) is 0 Å². The van der Waals surface area contributed by atoms with E-state index >= 15 is 0 Å². The van der Waals surface area contributed by atoms with Crippen LogP contribution in [0.15, 0.2) is 12.3 Å². The lowest BCUT2D eigenvalue weighted by Gasteiger charge is -2.24. The quantitative estimate of drug-likeness (QED) is 0.723. The normalized spacial score (nSPS) is 12.5. The number of ether oxygens (including phenoxy) is 2. The molecule has 1 unspecified atom stereocenters. The zero-order valence-electron chi connectivity index (χ0n) is 12.5. The molecule has 0 saturated heterocycles. The summed E-state index contributed by atoms with van der Waals surface area (Å²) in [6, 6.07) is -0.418. The Morgan fingerprint density at radius 2 is 1.89 bits per heavy atom. The van der Waals surface area contributed by atoms with Crippen LogP contribution in [0.5, 0.6) is 0 Å². The standard InChI is InChI=1S/C14H25NO4/c1-7-18-11(3)12(9-8-10(2)16)15-13(17)19-14(4,5)6/h12H,3,7-9H2,1-2,4-6H3,(H,15,17). The highest BCUT2D eigenvalue weighted by atomic mass is 16.6. The first-order valence-corrected chi connectivity index (χ1v) is 6.46. The van der Waals surface area contributed by atoms with Gasteiger partial charge >= 0.3 is 6.09 Å². The highest BCUT2D eigenvalue weighted by Gasteiger charge is 2.22. The van der Waals surface area contributed by atoms with Crippen LogP contribution in [0.4, 0.5) is 4.79 Å². The molecule has 0 aliphatic rings. The summed E-state index contributed by atoms with van der Waals surface area (Å²) in [6.45, 7) is 12.9. The van der Waals surface area contributed by atoms with Crippen molar-refractivity contribution in [2.75, 3.05) is 6.61 Å². The van der Waals surface area contributed by atoms with Crippen molar-refractivity contribution < 1.29 is 19.1 Å². The topological polar surface area (TPSA) is 64.6 Å². The summed E-state index contributed by atoms with van der Waals surface area (Å²) in [5.74, 6) is 0.495. The van der Waals surface area contributed by atoms with E-state index < -0.39 is 17.7 Å². The summed E-state index contributed by atoms with van der Waals surface area (Å²) in [5.41, 5.74) is -0.567. The van der Waals surface area contributed by atoms with Crippen molar-refractivity contribution in [3.05, 3.63) is 12.3 Å². The molecule has 5 nitrogen and oxygen atoms in total. The van der Waals surface area contributed by atoms with Crippen LogP contribution in [0.1, 0.15) is 47.5 Å². The molecule has 0 aromatic rings. The molecular weight excluding hydrogens is 246 g/mol. The van der Waals surface area contributed by atoms with Gasteiger partial charge in [-0.25, -0.2) is 4.79 Å². The molecule has 0 aliphatic carbocycles. The van der Waals surface area contributed by atoms with Crippen LogP contribution in [0.25, 0.3) is 0 Å². The zero-order valence-corrected chi connectivity index (χ0v) is 12.5. The van der Waals surface area contributed by atoms with Crippen LogP contribution in [0.2, 0.25) is 0 Å². The van der Waals surface area contributed by atoms with Gasteiger partial charge in [0, 0.05) is 6.42 Å². The van der Waals surface area contributed by atoms with Crippen LogP contribution >= 0.6 is 0 Å². The van der Waals surface area contributed by atoms with E-state index in [1.54, 1.807) is 20.8 Å². The summed E-state index contributed by atoms with van der Waals surface area (Å²) < 4.78 is 10.5. The first-order chi connectivity index (χ1) is 8.65. The summed E-state index contributed by atoms with van der Waals surface area (Å²) in [4.78, 5) is 22.7. The summed E-state index contributed by atoms with van der Waals surface area (Å²) in [6.07, 6.45) is 0.266. The second kappa shape index (κ2) is 7.81. The lowest BCUT2D eigenvalue weighted by molar-refractivity contribution is -0.117. The van der Waals surface area contributed by atoms with Crippen LogP contribution < -0.4 is 5.32 Å². The molecule has 110 valence electrons. The maximum absolute atomic E-state index is 11.7. The Bertz CT molecular complexity index is 331. The minimum atomic E-state index is -0.567. The van der Waals surface area contributed by atoms with Gasteiger partial charge in [0.15, 0.2) is 0 Å². The van der Waals surface area contributed by atoms with Crippen molar-refractivity contribution in [3.63, 3.8) is 0 Å². The molecule has 0 aliphatic heterocycles. The summed E-state index contributed by atoms with van der Waals surface area (Å²) in [7, 11) is 0. The number of carbonyl (C=O) groups is 2. The maximum Gasteiger partial charge on any atom is 0.408 e. The van der Waals surface area contributed by atoms with Gasteiger partial charge in [0.1, 0.15) is 17.1 Å². The van der Waals surface area contributed by atoms with Gasteiger partial charge in [0.05, 0.1) is 12.6 Å². The molecule has 5 heteroatoms. The number of carbonyl (C=O) groups excluding carboxylic acids is 2. The molecule has 1 N–H and O–H groups in total. The minimum Gasteiger partial charge on any atom is -0.497 e. The van der Waals surface area contributed by atoms with E-state index in [9.17, 15) is 9.59 Å². The van der Waals surface area contributed by atoms with Gasteiger partial charge in [-0.2, -0.15) is 0 Å². The number of nitrogens with one attached hydrogen (secondary N) is 1. The number of rotatable bonds is 7. The molecule has 1 atom stereocenters. The van der Waals surface area contributed by atoms with Gasteiger partial charge in [0.2, 0.25) is 0 Å². The molecule has 0 aromatic carbocycles. The maximum atomic E-state index is 11.7. The van der Waals surface area contributed by atoms with Crippen LogP contribution in [0, 0.1) is 0 Å². The average molecular weight is 271 g/mol. The Balaban J connectivity index is 4.52. The number of alkyl carbamates (subject to hydrolysis) is 1. The number of amides is 1. The number of Topliss-reactive ketones (excluding diaryl/α,β-unsaturated/α-hetero) is 1. The van der Waals surface area contributed by atoms with Crippen molar-refractivity contribution in [1.82, 2.24) is 5.32 Å². The molecule has 19 heavy (non-hydrogen) atoms. The first-order valence-electron chi connectivity index (χ1n) is 6.46. The molecule has 0 rings (SSSR count). The third-order valence-corrected chi connectivity index (χ3v) is 2.19. The monoisotopic (exact) mass is 271 g/mol. The molecule has 0 saturated carbocycles. The van der Waals surface area contributed by atoms with Crippen molar-refractivity contribution in [2.45, 2.75) is 59.1 Å². The van der Waals surface area contributed by atoms with Gasteiger partial charge < -0.3 is 19.6 Å². The van der Waals surface area contributed by atoms with E-state index in [0.717, 1.165) is 0 Å². The van der Waals surface area contributed by atoms with Gasteiger partial charge in [-0.1, -0.05) is 6.58 Å². The Hall–Kier alpha value is -1.52. The minimum absolute atomic E-state index is 0.0558. The SMILES string of the molecule is C=C(OCC)C(CCC(C)=O)NC(=O)OC(C)(C)C. The van der Waals surface area contributed by atoms with Gasteiger partial charge in [-0.15, -0.1) is 0 Å². The van der Waals surface area contributed by atoms with Gasteiger partial charge in [0.25, 0.3) is 0 Å². The van der Waals surface area contributed by atoms with Crippen molar-refractivity contribution >= 4 is 11.9 Å². The smallest absolute Gasteiger partial charge is 0.408 e. The lowest BCUT2D eigenvalue weighted by atomic mass is 10.1. The fourth-order valence-corrected chi connectivity index (χ4v) is 1.40.